The Balaban J connectivity index is 1.49. The van der Waals surface area contributed by atoms with Crippen LogP contribution in [0.25, 0.3) is 16.5 Å². The molecule has 4 nitrogen and oxygen atoms in total. The first kappa shape index (κ1) is 18.5. The van der Waals surface area contributed by atoms with Gasteiger partial charge in [-0.25, -0.2) is 0 Å². The van der Waals surface area contributed by atoms with Gasteiger partial charge in [0.05, 0.1) is 5.70 Å². The third kappa shape index (κ3) is 4.88. The van der Waals surface area contributed by atoms with E-state index in [9.17, 15) is 4.79 Å². The molecule has 4 heteroatoms. The first-order chi connectivity index (χ1) is 13.0. The van der Waals surface area contributed by atoms with Crippen molar-refractivity contribution in [3.05, 3.63) is 84.4 Å². The summed E-state index contributed by atoms with van der Waals surface area (Å²) < 4.78 is 5.52. The Morgan fingerprint density at radius 1 is 0.963 bits per heavy atom. The molecule has 3 aromatic carbocycles. The number of fused-ring (bicyclic) bond motifs is 1. The van der Waals surface area contributed by atoms with E-state index in [4.69, 9.17) is 4.74 Å². The minimum Gasteiger partial charge on any atom is -0.484 e. The van der Waals surface area contributed by atoms with Crippen LogP contribution in [-0.4, -0.2) is 12.5 Å². The van der Waals surface area contributed by atoms with E-state index in [1.54, 1.807) is 0 Å². The van der Waals surface area contributed by atoms with Crippen LogP contribution in [0.1, 0.15) is 30.9 Å². The molecule has 0 radical (unpaired) electrons. The second kappa shape index (κ2) is 8.41. The summed E-state index contributed by atoms with van der Waals surface area (Å²) in [6, 6.07) is 21.9. The minimum atomic E-state index is -0.273. The highest BCUT2D eigenvalue weighted by Crippen LogP contribution is 2.19. The van der Waals surface area contributed by atoms with Crippen LogP contribution in [0.5, 0.6) is 5.75 Å². The normalized spacial score (nSPS) is 10.6. The highest BCUT2D eigenvalue weighted by Gasteiger charge is 2.06. The largest absolute Gasteiger partial charge is 0.484 e. The number of hydrazine groups is 1. The van der Waals surface area contributed by atoms with E-state index in [1.165, 1.54) is 5.56 Å². The third-order valence-electron chi connectivity index (χ3n) is 4.37. The SMILES string of the molecule is C=C(NNC(=O)COc1ccc(C(C)C)cc1)c1ccc2ccccc2c1. The van der Waals surface area contributed by atoms with Crippen molar-refractivity contribution in [2.45, 2.75) is 19.8 Å². The number of rotatable bonds is 7. The van der Waals surface area contributed by atoms with Gasteiger partial charge < -0.3 is 4.74 Å². The Morgan fingerprint density at radius 2 is 1.67 bits per heavy atom. The van der Waals surface area contributed by atoms with Crippen molar-refractivity contribution in [1.82, 2.24) is 10.9 Å². The first-order valence-electron chi connectivity index (χ1n) is 8.98. The highest BCUT2D eigenvalue weighted by atomic mass is 16.5. The van der Waals surface area contributed by atoms with Gasteiger partial charge in [-0.05, 0) is 46.0 Å². The number of nitrogens with one attached hydrogen (secondary N) is 2. The molecule has 0 aliphatic heterocycles. The van der Waals surface area contributed by atoms with Crippen molar-refractivity contribution >= 4 is 22.4 Å². The Bertz CT molecular complexity index is 946. The van der Waals surface area contributed by atoms with Gasteiger partial charge >= 0.3 is 0 Å². The van der Waals surface area contributed by atoms with Crippen molar-refractivity contribution in [3.8, 4) is 5.75 Å². The number of carbonyl (C=O) groups is 1. The van der Waals surface area contributed by atoms with Crippen LogP contribution in [0.4, 0.5) is 0 Å². The van der Waals surface area contributed by atoms with E-state index in [1.807, 2.05) is 60.7 Å². The highest BCUT2D eigenvalue weighted by molar-refractivity contribution is 5.86. The molecule has 0 aliphatic carbocycles. The maximum atomic E-state index is 12.0. The van der Waals surface area contributed by atoms with Gasteiger partial charge in [0.2, 0.25) is 0 Å². The van der Waals surface area contributed by atoms with Crippen LogP contribution < -0.4 is 15.6 Å². The zero-order valence-electron chi connectivity index (χ0n) is 15.7. The lowest BCUT2D eigenvalue weighted by Crippen LogP contribution is -2.38. The average molecular weight is 360 g/mol. The maximum absolute atomic E-state index is 12.0. The lowest BCUT2D eigenvalue weighted by Gasteiger charge is -2.13. The molecule has 0 aromatic heterocycles. The summed E-state index contributed by atoms with van der Waals surface area (Å²) in [6.07, 6.45) is 0. The Labute approximate surface area is 159 Å². The second-order valence-corrected chi connectivity index (χ2v) is 6.73. The molecule has 0 saturated carbocycles. The lowest BCUT2D eigenvalue weighted by atomic mass is 10.0. The molecule has 0 bridgehead atoms. The zero-order valence-corrected chi connectivity index (χ0v) is 15.7. The van der Waals surface area contributed by atoms with Crippen molar-refractivity contribution in [2.24, 2.45) is 0 Å². The number of hydrogen-bond donors (Lipinski definition) is 2. The topological polar surface area (TPSA) is 50.4 Å². The standard InChI is InChI=1S/C23H24N2O2/c1-16(2)18-10-12-22(13-11-18)27-15-23(26)25-24-17(3)20-9-8-19-6-4-5-7-21(19)14-20/h4-14,16,24H,3,15H2,1-2H3,(H,25,26). The zero-order chi connectivity index (χ0) is 19.2. The summed E-state index contributed by atoms with van der Waals surface area (Å²) in [5, 5.41) is 2.28. The Hall–Kier alpha value is -3.27. The van der Waals surface area contributed by atoms with E-state index >= 15 is 0 Å². The van der Waals surface area contributed by atoms with Crippen LogP contribution >= 0.6 is 0 Å². The second-order valence-electron chi connectivity index (χ2n) is 6.73. The van der Waals surface area contributed by atoms with E-state index in [0.29, 0.717) is 17.4 Å². The van der Waals surface area contributed by atoms with Crippen LogP contribution in [-0.2, 0) is 4.79 Å². The maximum Gasteiger partial charge on any atom is 0.276 e. The van der Waals surface area contributed by atoms with Crippen LogP contribution in [0.2, 0.25) is 0 Å². The van der Waals surface area contributed by atoms with Crippen molar-refractivity contribution in [1.29, 1.82) is 0 Å². The summed E-state index contributed by atoms with van der Waals surface area (Å²) in [6.45, 7) is 8.18. The monoisotopic (exact) mass is 360 g/mol. The molecule has 3 rings (SSSR count). The van der Waals surface area contributed by atoms with Gasteiger partial charge in [-0.1, -0.05) is 69.0 Å². The summed E-state index contributed by atoms with van der Waals surface area (Å²) in [5.41, 5.74) is 8.24. The average Bonchev–Trinajstić information content (AvgIpc) is 2.70. The molecule has 0 unspecified atom stereocenters. The first-order valence-corrected chi connectivity index (χ1v) is 8.98. The van der Waals surface area contributed by atoms with E-state index in [2.05, 4.69) is 37.3 Å². The smallest absolute Gasteiger partial charge is 0.276 e. The van der Waals surface area contributed by atoms with E-state index in [-0.39, 0.29) is 12.5 Å². The van der Waals surface area contributed by atoms with Crippen LogP contribution in [0, 0.1) is 0 Å². The van der Waals surface area contributed by atoms with Gasteiger partial charge in [0.1, 0.15) is 5.75 Å². The molecular formula is C23H24N2O2. The molecule has 2 N–H and O–H groups in total. The molecule has 138 valence electrons. The fraction of sp³-hybridized carbons (Fsp3) is 0.174. The van der Waals surface area contributed by atoms with Crippen molar-refractivity contribution in [3.63, 3.8) is 0 Å². The predicted octanol–water partition coefficient (Wildman–Crippen LogP) is 4.63. The molecule has 3 aromatic rings. The van der Waals surface area contributed by atoms with Gasteiger partial charge in [-0.15, -0.1) is 0 Å². The molecular weight excluding hydrogens is 336 g/mol. The molecule has 0 saturated heterocycles. The van der Waals surface area contributed by atoms with Gasteiger partial charge in [0, 0.05) is 0 Å². The van der Waals surface area contributed by atoms with Gasteiger partial charge in [0.15, 0.2) is 6.61 Å². The molecule has 0 aliphatic rings. The van der Waals surface area contributed by atoms with Gasteiger partial charge in [-0.2, -0.15) is 0 Å². The van der Waals surface area contributed by atoms with E-state index < -0.39 is 0 Å². The fourth-order valence-electron chi connectivity index (χ4n) is 2.73. The van der Waals surface area contributed by atoms with Gasteiger partial charge in [0.25, 0.3) is 5.91 Å². The number of amides is 1. The van der Waals surface area contributed by atoms with E-state index in [0.717, 1.165) is 16.3 Å². The molecule has 0 atom stereocenters. The molecule has 0 spiro atoms. The van der Waals surface area contributed by atoms with Crippen molar-refractivity contribution in [2.75, 3.05) is 6.61 Å². The molecule has 0 fully saturated rings. The Kier molecular flexibility index (Phi) is 5.77. The summed E-state index contributed by atoms with van der Waals surface area (Å²) in [7, 11) is 0. The fourth-order valence-corrected chi connectivity index (χ4v) is 2.73. The predicted molar refractivity (Wildman–Crippen MR) is 110 cm³/mol. The summed E-state index contributed by atoms with van der Waals surface area (Å²) >= 11 is 0. The Morgan fingerprint density at radius 3 is 2.37 bits per heavy atom. The minimum absolute atomic E-state index is 0.0704. The quantitative estimate of drug-likeness (QED) is 0.604. The van der Waals surface area contributed by atoms with Crippen LogP contribution in [0.3, 0.4) is 0 Å². The number of hydrogen-bond acceptors (Lipinski definition) is 3. The third-order valence-corrected chi connectivity index (χ3v) is 4.37. The summed E-state index contributed by atoms with van der Waals surface area (Å²) in [4.78, 5) is 12.0. The molecule has 1 amide bonds. The molecule has 0 heterocycles. The number of ether oxygens (including phenoxy) is 1. The number of benzene rings is 3. The van der Waals surface area contributed by atoms with Crippen LogP contribution in [0.15, 0.2) is 73.3 Å². The van der Waals surface area contributed by atoms with Crippen molar-refractivity contribution < 1.29 is 9.53 Å². The summed E-state index contributed by atoms with van der Waals surface area (Å²) in [5.74, 6) is 0.862. The number of carbonyl (C=O) groups excluding carboxylic acids is 1. The molecule has 27 heavy (non-hydrogen) atoms. The van der Waals surface area contributed by atoms with Gasteiger partial charge in [-0.3, -0.25) is 15.6 Å². The lowest BCUT2D eigenvalue weighted by molar-refractivity contribution is -0.123.